The molecule has 3 aliphatic rings. The fourth-order valence-corrected chi connectivity index (χ4v) is 5.44. The monoisotopic (exact) mass is 407 g/mol. The van der Waals surface area contributed by atoms with E-state index in [1.54, 1.807) is 0 Å². The van der Waals surface area contributed by atoms with E-state index in [0.29, 0.717) is 11.4 Å². The number of nitrogens with zero attached hydrogens (tertiary/aromatic N) is 2. The highest BCUT2D eigenvalue weighted by Gasteiger charge is 2.42. The summed E-state index contributed by atoms with van der Waals surface area (Å²) in [6, 6.07) is 8.76. The molecule has 1 aromatic heterocycles. The molecule has 1 aromatic carbocycles. The highest BCUT2D eigenvalue weighted by atomic mass is 16.2. The van der Waals surface area contributed by atoms with Gasteiger partial charge in [0.05, 0.1) is 6.20 Å². The minimum atomic E-state index is -0.0505. The van der Waals surface area contributed by atoms with E-state index in [1.807, 2.05) is 4.90 Å². The van der Waals surface area contributed by atoms with Crippen LogP contribution < -0.4 is 10.6 Å². The second-order valence-corrected chi connectivity index (χ2v) is 8.90. The van der Waals surface area contributed by atoms with Crippen molar-refractivity contribution in [2.75, 3.05) is 31.5 Å². The molecule has 2 amide bonds. The quantitative estimate of drug-likeness (QED) is 0.729. The minimum Gasteiger partial charge on any atom is -0.338 e. The number of carbonyl (C=O) groups excluding carboxylic acids is 2. The smallest absolute Gasteiger partial charge is 0.259 e. The molecule has 2 fully saturated rings. The van der Waals surface area contributed by atoms with Crippen LogP contribution in [0.25, 0.3) is 0 Å². The van der Waals surface area contributed by atoms with Gasteiger partial charge in [0.1, 0.15) is 11.4 Å². The van der Waals surface area contributed by atoms with Gasteiger partial charge in [-0.3, -0.25) is 14.7 Å². The van der Waals surface area contributed by atoms with Crippen LogP contribution in [0.4, 0.5) is 5.82 Å². The number of nitrogens with one attached hydrogen (secondary N) is 3. The van der Waals surface area contributed by atoms with Gasteiger partial charge in [-0.05, 0) is 68.2 Å². The molecular weight excluding hydrogens is 378 g/mol. The number of piperidine rings is 2. The third-order valence-corrected chi connectivity index (χ3v) is 7.30. The van der Waals surface area contributed by atoms with Crippen LogP contribution in [0.3, 0.4) is 0 Å². The maximum Gasteiger partial charge on any atom is 0.259 e. The summed E-state index contributed by atoms with van der Waals surface area (Å²) >= 11 is 0. The van der Waals surface area contributed by atoms with Crippen LogP contribution in [-0.2, 0) is 16.6 Å². The zero-order valence-electron chi connectivity index (χ0n) is 17.2. The van der Waals surface area contributed by atoms with Crippen molar-refractivity contribution in [3.8, 4) is 0 Å². The number of aryl methyl sites for hydroxylation is 1. The van der Waals surface area contributed by atoms with Crippen molar-refractivity contribution in [2.24, 2.45) is 5.92 Å². The maximum absolute atomic E-state index is 13.2. The summed E-state index contributed by atoms with van der Waals surface area (Å²) in [5.41, 5.74) is 3.63. The maximum atomic E-state index is 13.2. The lowest BCUT2D eigenvalue weighted by molar-refractivity contribution is -0.120. The van der Waals surface area contributed by atoms with E-state index in [0.717, 1.165) is 58.3 Å². The lowest BCUT2D eigenvalue weighted by atomic mass is 9.74. The van der Waals surface area contributed by atoms with E-state index in [9.17, 15) is 9.59 Å². The molecule has 2 saturated heterocycles. The number of likely N-dealkylation sites (tertiary alicyclic amines) is 1. The van der Waals surface area contributed by atoms with Gasteiger partial charge in [-0.15, -0.1) is 0 Å². The molecule has 7 nitrogen and oxygen atoms in total. The van der Waals surface area contributed by atoms with Gasteiger partial charge >= 0.3 is 0 Å². The lowest BCUT2D eigenvalue weighted by Crippen LogP contribution is -2.44. The fraction of sp³-hybridized carbons (Fsp3) is 0.522. The molecule has 5 rings (SSSR count). The molecule has 1 aliphatic carbocycles. The number of amides is 2. The SMILES string of the molecule is O=C(Nc1[nH]ncc1C(=O)N1CCC2(CCc3ccccc32)CC1)C1CCNCC1. The number of aromatic nitrogens is 2. The average molecular weight is 408 g/mol. The predicted molar refractivity (Wildman–Crippen MR) is 114 cm³/mol. The van der Waals surface area contributed by atoms with Crippen molar-refractivity contribution < 1.29 is 9.59 Å². The number of benzene rings is 1. The van der Waals surface area contributed by atoms with Gasteiger partial charge in [0.2, 0.25) is 5.91 Å². The number of hydrogen-bond acceptors (Lipinski definition) is 4. The summed E-state index contributed by atoms with van der Waals surface area (Å²) in [6.07, 6.45) is 7.47. The molecule has 0 bridgehead atoms. The van der Waals surface area contributed by atoms with E-state index in [1.165, 1.54) is 23.7 Å². The molecule has 3 N–H and O–H groups in total. The molecular formula is C23H29N5O2. The first-order valence-electron chi connectivity index (χ1n) is 11.1. The summed E-state index contributed by atoms with van der Waals surface area (Å²) in [6.45, 7) is 3.18. The average Bonchev–Trinajstić information content (AvgIpc) is 3.40. The molecule has 0 saturated carbocycles. The van der Waals surface area contributed by atoms with E-state index < -0.39 is 0 Å². The number of H-pyrrole nitrogens is 1. The Hall–Kier alpha value is -2.67. The third kappa shape index (κ3) is 3.41. The Kier molecular flexibility index (Phi) is 5.06. The number of fused-ring (bicyclic) bond motifs is 2. The standard InChI is InChI=1S/C23H29N5O2/c29-21(17-6-11-24-12-7-17)26-20-18(15-25-27-20)22(30)28-13-9-23(10-14-28)8-5-16-3-1-2-4-19(16)23/h1-4,15,17,24H,5-14H2,(H2,25,26,27,29). The van der Waals surface area contributed by atoms with Crippen molar-refractivity contribution in [2.45, 2.75) is 43.9 Å². The molecule has 0 atom stereocenters. The Morgan fingerprint density at radius 1 is 1.10 bits per heavy atom. The van der Waals surface area contributed by atoms with Gasteiger partial charge in [-0.1, -0.05) is 24.3 Å². The second kappa shape index (κ2) is 7.87. The zero-order chi connectivity index (χ0) is 20.6. The number of rotatable bonds is 3. The molecule has 158 valence electrons. The van der Waals surface area contributed by atoms with Crippen molar-refractivity contribution in [1.29, 1.82) is 0 Å². The third-order valence-electron chi connectivity index (χ3n) is 7.30. The van der Waals surface area contributed by atoms with E-state index in [-0.39, 0.29) is 23.1 Å². The first-order valence-corrected chi connectivity index (χ1v) is 11.1. The molecule has 3 heterocycles. The Morgan fingerprint density at radius 2 is 1.87 bits per heavy atom. The van der Waals surface area contributed by atoms with Gasteiger partial charge in [0.25, 0.3) is 5.91 Å². The Labute approximate surface area is 176 Å². The number of aromatic amines is 1. The molecule has 2 aromatic rings. The largest absolute Gasteiger partial charge is 0.338 e. The van der Waals surface area contributed by atoms with Gasteiger partial charge in [-0.2, -0.15) is 5.10 Å². The van der Waals surface area contributed by atoms with E-state index in [2.05, 4.69) is 45.1 Å². The molecule has 1 spiro atoms. The van der Waals surface area contributed by atoms with Gasteiger partial charge in [-0.25, -0.2) is 0 Å². The zero-order valence-corrected chi connectivity index (χ0v) is 17.2. The molecule has 2 aliphatic heterocycles. The Balaban J connectivity index is 1.25. The number of hydrogen-bond donors (Lipinski definition) is 3. The number of anilines is 1. The summed E-state index contributed by atoms with van der Waals surface area (Å²) in [5.74, 6) is 0.324. The Morgan fingerprint density at radius 3 is 2.67 bits per heavy atom. The van der Waals surface area contributed by atoms with Gasteiger partial charge in [0, 0.05) is 19.0 Å². The highest BCUT2D eigenvalue weighted by molar-refractivity contribution is 6.03. The second-order valence-electron chi connectivity index (χ2n) is 8.90. The highest BCUT2D eigenvalue weighted by Crippen LogP contribution is 2.46. The van der Waals surface area contributed by atoms with Crippen molar-refractivity contribution in [1.82, 2.24) is 20.4 Å². The summed E-state index contributed by atoms with van der Waals surface area (Å²) in [7, 11) is 0. The number of carbonyl (C=O) groups is 2. The van der Waals surface area contributed by atoms with Gasteiger partial charge < -0.3 is 15.5 Å². The summed E-state index contributed by atoms with van der Waals surface area (Å²) in [5, 5.41) is 13.0. The topological polar surface area (TPSA) is 90.1 Å². The minimum absolute atomic E-state index is 0.0187. The first-order chi connectivity index (χ1) is 14.7. The van der Waals surface area contributed by atoms with Crippen LogP contribution in [0.2, 0.25) is 0 Å². The van der Waals surface area contributed by atoms with Crippen LogP contribution in [0, 0.1) is 5.92 Å². The lowest BCUT2D eigenvalue weighted by Gasteiger charge is -2.40. The summed E-state index contributed by atoms with van der Waals surface area (Å²) < 4.78 is 0. The van der Waals surface area contributed by atoms with Crippen LogP contribution in [0.1, 0.15) is 53.6 Å². The molecule has 7 heteroatoms. The van der Waals surface area contributed by atoms with Crippen LogP contribution in [-0.4, -0.2) is 53.1 Å². The molecule has 0 radical (unpaired) electrons. The summed E-state index contributed by atoms with van der Waals surface area (Å²) in [4.78, 5) is 27.7. The van der Waals surface area contributed by atoms with Crippen LogP contribution in [0.5, 0.6) is 0 Å². The van der Waals surface area contributed by atoms with Crippen molar-refractivity contribution in [3.05, 3.63) is 47.2 Å². The Bertz CT molecular complexity index is 939. The predicted octanol–water partition coefficient (Wildman–Crippen LogP) is 2.47. The molecule has 0 unspecified atom stereocenters. The first kappa shape index (κ1) is 19.3. The van der Waals surface area contributed by atoms with E-state index in [4.69, 9.17) is 0 Å². The molecule has 30 heavy (non-hydrogen) atoms. The normalized spacial score (nSPS) is 20.9. The fourth-order valence-electron chi connectivity index (χ4n) is 5.44. The van der Waals surface area contributed by atoms with Crippen LogP contribution in [0.15, 0.2) is 30.5 Å². The van der Waals surface area contributed by atoms with E-state index >= 15 is 0 Å². The van der Waals surface area contributed by atoms with Crippen molar-refractivity contribution in [3.63, 3.8) is 0 Å². The van der Waals surface area contributed by atoms with Crippen molar-refractivity contribution >= 4 is 17.6 Å². The van der Waals surface area contributed by atoms with Gasteiger partial charge in [0.15, 0.2) is 0 Å². The van der Waals surface area contributed by atoms with Crippen LogP contribution >= 0.6 is 0 Å².